The molecule has 1 rings (SSSR count). The zero-order valence-electron chi connectivity index (χ0n) is 10.2. The molecule has 106 valence electrons. The van der Waals surface area contributed by atoms with E-state index in [9.17, 15) is 18.0 Å². The highest BCUT2D eigenvalue weighted by Crippen LogP contribution is 2.36. The van der Waals surface area contributed by atoms with Crippen LogP contribution in [0.15, 0.2) is 22.7 Å². The first-order valence-corrected chi connectivity index (χ1v) is 6.38. The third kappa shape index (κ3) is 5.20. The Kier molecular flexibility index (Phi) is 5.81. The minimum atomic E-state index is -4.53. The molecule has 0 fully saturated rings. The number of hydrogen-bond donors (Lipinski definition) is 1. The summed E-state index contributed by atoms with van der Waals surface area (Å²) >= 11 is 2.97. The van der Waals surface area contributed by atoms with Crippen molar-refractivity contribution < 1.29 is 22.7 Å². The highest BCUT2D eigenvalue weighted by atomic mass is 79.9. The number of anilines is 1. The van der Waals surface area contributed by atoms with Gasteiger partial charge in [-0.25, -0.2) is 0 Å². The van der Waals surface area contributed by atoms with E-state index in [0.29, 0.717) is 11.1 Å². The monoisotopic (exact) mass is 339 g/mol. The van der Waals surface area contributed by atoms with E-state index < -0.39 is 17.6 Å². The predicted octanol–water partition coefficient (Wildman–Crippen LogP) is 3.83. The van der Waals surface area contributed by atoms with Gasteiger partial charge in [0.15, 0.2) is 0 Å². The van der Waals surface area contributed by atoms with Crippen LogP contribution in [0, 0.1) is 0 Å². The molecule has 7 heteroatoms. The van der Waals surface area contributed by atoms with Crippen LogP contribution in [0.5, 0.6) is 0 Å². The summed E-state index contributed by atoms with van der Waals surface area (Å²) in [5.41, 5.74) is -1.17. The van der Waals surface area contributed by atoms with Crippen molar-refractivity contribution >= 4 is 27.5 Å². The number of nitrogens with one attached hydrogen (secondary N) is 1. The molecule has 0 radical (unpaired) electrons. The van der Waals surface area contributed by atoms with Crippen molar-refractivity contribution in [1.82, 2.24) is 0 Å². The Morgan fingerprint density at radius 1 is 1.42 bits per heavy atom. The molecule has 1 N–H and O–H groups in total. The summed E-state index contributed by atoms with van der Waals surface area (Å²) in [5.74, 6) is -0.610. The van der Waals surface area contributed by atoms with E-state index in [-0.39, 0.29) is 12.3 Å². The highest BCUT2D eigenvalue weighted by molar-refractivity contribution is 9.10. The van der Waals surface area contributed by atoms with Crippen molar-refractivity contribution in [1.29, 1.82) is 0 Å². The third-order valence-electron chi connectivity index (χ3n) is 2.14. The molecule has 0 saturated carbocycles. The normalized spacial score (nSPS) is 11.4. The maximum atomic E-state index is 12.8. The first-order valence-electron chi connectivity index (χ1n) is 5.59. The molecular weight excluding hydrogens is 327 g/mol. The van der Waals surface area contributed by atoms with Crippen molar-refractivity contribution in [2.75, 3.05) is 18.5 Å². The van der Waals surface area contributed by atoms with Crippen LogP contribution < -0.4 is 5.32 Å². The summed E-state index contributed by atoms with van der Waals surface area (Å²) in [5, 5.41) is 2.20. The van der Waals surface area contributed by atoms with Crippen LogP contribution >= 0.6 is 15.9 Å². The smallest absolute Gasteiger partial charge is 0.372 e. The molecule has 0 atom stereocenters. The lowest BCUT2D eigenvalue weighted by atomic mass is 10.1. The summed E-state index contributed by atoms with van der Waals surface area (Å²) in [6.07, 6.45) is -3.80. The summed E-state index contributed by atoms with van der Waals surface area (Å²) < 4.78 is 43.6. The second-order valence-electron chi connectivity index (χ2n) is 3.79. The molecule has 0 saturated heterocycles. The topological polar surface area (TPSA) is 38.3 Å². The first-order chi connectivity index (χ1) is 8.84. The lowest BCUT2D eigenvalue weighted by Crippen LogP contribution is -2.21. The van der Waals surface area contributed by atoms with Crippen molar-refractivity contribution in [3.63, 3.8) is 0 Å². The van der Waals surface area contributed by atoms with Gasteiger partial charge in [0, 0.05) is 11.1 Å². The largest absolute Gasteiger partial charge is 0.418 e. The van der Waals surface area contributed by atoms with Crippen LogP contribution in [0.25, 0.3) is 0 Å². The van der Waals surface area contributed by atoms with Gasteiger partial charge in [0.2, 0.25) is 5.91 Å². The summed E-state index contributed by atoms with van der Waals surface area (Å²) in [6.45, 7) is 2.00. The average Bonchev–Trinajstić information content (AvgIpc) is 2.30. The Morgan fingerprint density at radius 3 is 2.68 bits per heavy atom. The summed E-state index contributed by atoms with van der Waals surface area (Å²) in [7, 11) is 0. The zero-order chi connectivity index (χ0) is 14.5. The summed E-state index contributed by atoms with van der Waals surface area (Å²) in [4.78, 5) is 11.4. The van der Waals surface area contributed by atoms with E-state index in [4.69, 9.17) is 4.74 Å². The van der Waals surface area contributed by atoms with E-state index >= 15 is 0 Å². The fourth-order valence-corrected chi connectivity index (χ4v) is 1.72. The Balaban J connectivity index is 2.80. The first kappa shape index (κ1) is 16.0. The van der Waals surface area contributed by atoms with Crippen molar-refractivity contribution in [3.8, 4) is 0 Å². The quantitative estimate of drug-likeness (QED) is 0.828. The van der Waals surface area contributed by atoms with Crippen molar-refractivity contribution in [2.45, 2.75) is 19.5 Å². The van der Waals surface area contributed by atoms with E-state index in [0.717, 1.165) is 12.5 Å². The Bertz CT molecular complexity index is 449. The standard InChI is InChI=1S/C12H13BrF3NO2/c1-2-5-19-7-11(18)17-10-4-3-8(13)6-9(10)12(14,15)16/h3-4,6H,2,5,7H2,1H3,(H,17,18). The maximum Gasteiger partial charge on any atom is 0.418 e. The van der Waals surface area contributed by atoms with E-state index in [1.54, 1.807) is 0 Å². The molecule has 0 spiro atoms. The van der Waals surface area contributed by atoms with Crippen LogP contribution in [0.2, 0.25) is 0 Å². The molecule has 1 amide bonds. The maximum absolute atomic E-state index is 12.8. The molecule has 0 aromatic heterocycles. The van der Waals surface area contributed by atoms with Gasteiger partial charge in [0.25, 0.3) is 0 Å². The number of carbonyl (C=O) groups is 1. The van der Waals surface area contributed by atoms with Gasteiger partial charge in [0.05, 0.1) is 11.3 Å². The SMILES string of the molecule is CCCOCC(=O)Nc1ccc(Br)cc1C(F)(F)F. The molecule has 0 aliphatic carbocycles. The van der Waals surface area contributed by atoms with E-state index in [1.165, 1.54) is 12.1 Å². The Labute approximate surface area is 117 Å². The predicted molar refractivity (Wildman–Crippen MR) is 68.9 cm³/mol. The van der Waals surface area contributed by atoms with Gasteiger partial charge in [-0.15, -0.1) is 0 Å². The molecular formula is C12H13BrF3NO2. The molecule has 0 unspecified atom stereocenters. The number of ether oxygens (including phenoxy) is 1. The van der Waals surface area contributed by atoms with Crippen molar-refractivity contribution in [3.05, 3.63) is 28.2 Å². The molecule has 3 nitrogen and oxygen atoms in total. The minimum Gasteiger partial charge on any atom is -0.372 e. The van der Waals surface area contributed by atoms with Crippen molar-refractivity contribution in [2.24, 2.45) is 0 Å². The number of amides is 1. The van der Waals surface area contributed by atoms with Gasteiger partial charge >= 0.3 is 6.18 Å². The van der Waals surface area contributed by atoms with Gasteiger partial charge in [-0.05, 0) is 24.6 Å². The highest BCUT2D eigenvalue weighted by Gasteiger charge is 2.34. The van der Waals surface area contributed by atoms with Crippen LogP contribution in [-0.2, 0) is 15.7 Å². The van der Waals surface area contributed by atoms with Gasteiger partial charge in [-0.3, -0.25) is 4.79 Å². The van der Waals surface area contributed by atoms with Crippen LogP contribution in [-0.4, -0.2) is 19.1 Å². The lowest BCUT2D eigenvalue weighted by molar-refractivity contribution is -0.137. The molecule has 0 aliphatic heterocycles. The van der Waals surface area contributed by atoms with Gasteiger partial charge in [-0.2, -0.15) is 13.2 Å². The van der Waals surface area contributed by atoms with Crippen LogP contribution in [0.1, 0.15) is 18.9 Å². The molecule has 0 bridgehead atoms. The van der Waals surface area contributed by atoms with Crippen LogP contribution in [0.4, 0.5) is 18.9 Å². The second kappa shape index (κ2) is 6.91. The minimum absolute atomic E-state index is 0.263. The van der Waals surface area contributed by atoms with Gasteiger partial charge in [-0.1, -0.05) is 22.9 Å². The van der Waals surface area contributed by atoms with E-state index in [1.807, 2.05) is 6.92 Å². The fraction of sp³-hybridized carbons (Fsp3) is 0.417. The number of carbonyl (C=O) groups excluding carboxylic acids is 1. The second-order valence-corrected chi connectivity index (χ2v) is 4.70. The average molecular weight is 340 g/mol. The van der Waals surface area contributed by atoms with Gasteiger partial charge < -0.3 is 10.1 Å². The number of rotatable bonds is 5. The number of benzene rings is 1. The van der Waals surface area contributed by atoms with Crippen LogP contribution in [0.3, 0.4) is 0 Å². The zero-order valence-corrected chi connectivity index (χ0v) is 11.8. The molecule has 1 aromatic rings. The molecule has 19 heavy (non-hydrogen) atoms. The molecule has 0 aliphatic rings. The number of hydrogen-bond acceptors (Lipinski definition) is 2. The molecule has 0 heterocycles. The fourth-order valence-electron chi connectivity index (χ4n) is 1.36. The van der Waals surface area contributed by atoms with E-state index in [2.05, 4.69) is 21.2 Å². The van der Waals surface area contributed by atoms with Gasteiger partial charge in [0.1, 0.15) is 6.61 Å². The number of alkyl halides is 3. The third-order valence-corrected chi connectivity index (χ3v) is 2.64. The molecule has 1 aromatic carbocycles. The number of halogens is 4. The lowest BCUT2D eigenvalue weighted by Gasteiger charge is -2.14. The summed E-state index contributed by atoms with van der Waals surface area (Å²) in [6, 6.07) is 3.55. The Hall–Kier alpha value is -1.08. The Morgan fingerprint density at radius 2 is 2.11 bits per heavy atom.